The van der Waals surface area contributed by atoms with Gasteiger partial charge in [-0.25, -0.2) is 4.68 Å². The van der Waals surface area contributed by atoms with Crippen molar-refractivity contribution in [3.05, 3.63) is 21.0 Å². The van der Waals surface area contributed by atoms with E-state index in [0.29, 0.717) is 22.6 Å². The van der Waals surface area contributed by atoms with E-state index < -0.39 is 0 Å². The van der Waals surface area contributed by atoms with Crippen LogP contribution in [-0.2, 0) is 11.3 Å². The van der Waals surface area contributed by atoms with E-state index in [1.165, 1.54) is 17.5 Å². The van der Waals surface area contributed by atoms with Gasteiger partial charge in [0.15, 0.2) is 0 Å². The second kappa shape index (κ2) is 5.55. The SMILES string of the molecule is O=C1NCCCC1Nc1cnn(CC2CC2)c(=O)c1Br. The Kier molecular flexibility index (Phi) is 3.78. The van der Waals surface area contributed by atoms with E-state index in [1.54, 1.807) is 6.20 Å². The van der Waals surface area contributed by atoms with Gasteiger partial charge in [-0.2, -0.15) is 5.10 Å². The Morgan fingerprint density at radius 1 is 1.40 bits per heavy atom. The van der Waals surface area contributed by atoms with Crippen LogP contribution in [0.5, 0.6) is 0 Å². The van der Waals surface area contributed by atoms with Crippen molar-refractivity contribution in [2.45, 2.75) is 38.3 Å². The van der Waals surface area contributed by atoms with Crippen molar-refractivity contribution >= 4 is 27.5 Å². The van der Waals surface area contributed by atoms with Crippen LogP contribution in [0.15, 0.2) is 15.5 Å². The fourth-order valence-electron chi connectivity index (χ4n) is 2.34. The average Bonchev–Trinajstić information content (AvgIpc) is 3.25. The smallest absolute Gasteiger partial charge is 0.283 e. The highest BCUT2D eigenvalue weighted by Crippen LogP contribution is 2.30. The molecule has 0 bridgehead atoms. The number of hydrogen-bond donors (Lipinski definition) is 2. The van der Waals surface area contributed by atoms with Crippen molar-refractivity contribution in [1.82, 2.24) is 15.1 Å². The van der Waals surface area contributed by atoms with Gasteiger partial charge in [0.2, 0.25) is 5.91 Å². The molecule has 1 aromatic rings. The number of carbonyl (C=O) groups excluding carboxylic acids is 1. The Morgan fingerprint density at radius 2 is 2.20 bits per heavy atom. The Morgan fingerprint density at radius 3 is 2.90 bits per heavy atom. The lowest BCUT2D eigenvalue weighted by Crippen LogP contribution is -2.44. The molecular formula is C13H17BrN4O2. The minimum atomic E-state index is -0.291. The molecule has 0 radical (unpaired) electrons. The highest BCUT2D eigenvalue weighted by atomic mass is 79.9. The lowest BCUT2D eigenvalue weighted by Gasteiger charge is -2.24. The fraction of sp³-hybridized carbons (Fsp3) is 0.615. The van der Waals surface area contributed by atoms with Crippen molar-refractivity contribution in [3.8, 4) is 0 Å². The number of piperidine rings is 1. The number of aromatic nitrogens is 2. The van der Waals surface area contributed by atoms with Crippen molar-refractivity contribution in [1.29, 1.82) is 0 Å². The third-order valence-corrected chi connectivity index (χ3v) is 4.49. The minimum absolute atomic E-state index is 0.0229. The molecule has 7 heteroatoms. The predicted octanol–water partition coefficient (Wildman–Crippen LogP) is 1.11. The Balaban J connectivity index is 1.77. The van der Waals surface area contributed by atoms with Gasteiger partial charge in [-0.05, 0) is 47.5 Å². The van der Waals surface area contributed by atoms with Crippen LogP contribution in [0.1, 0.15) is 25.7 Å². The van der Waals surface area contributed by atoms with E-state index in [2.05, 4.69) is 31.7 Å². The zero-order chi connectivity index (χ0) is 14.1. The molecule has 108 valence electrons. The summed E-state index contributed by atoms with van der Waals surface area (Å²) in [6.07, 6.45) is 5.67. The molecule has 3 rings (SSSR count). The molecule has 2 heterocycles. The number of nitrogens with zero attached hydrogens (tertiary/aromatic N) is 2. The first kappa shape index (κ1) is 13.6. The molecule has 20 heavy (non-hydrogen) atoms. The van der Waals surface area contributed by atoms with Crippen LogP contribution in [0, 0.1) is 5.92 Å². The van der Waals surface area contributed by atoms with Crippen LogP contribution >= 0.6 is 15.9 Å². The van der Waals surface area contributed by atoms with E-state index in [-0.39, 0.29) is 17.5 Å². The number of carbonyl (C=O) groups is 1. The van der Waals surface area contributed by atoms with Gasteiger partial charge in [0.1, 0.15) is 10.5 Å². The molecule has 0 aromatic carbocycles. The second-order valence-corrected chi connectivity index (χ2v) is 6.23. The molecule has 6 nitrogen and oxygen atoms in total. The minimum Gasteiger partial charge on any atom is -0.371 e. The summed E-state index contributed by atoms with van der Waals surface area (Å²) < 4.78 is 1.94. The van der Waals surface area contributed by atoms with Crippen LogP contribution in [0.25, 0.3) is 0 Å². The largest absolute Gasteiger partial charge is 0.371 e. The maximum atomic E-state index is 12.2. The van der Waals surface area contributed by atoms with Gasteiger partial charge in [0.25, 0.3) is 5.56 Å². The molecule has 1 aliphatic heterocycles. The first-order valence-electron chi connectivity index (χ1n) is 6.95. The summed E-state index contributed by atoms with van der Waals surface area (Å²) in [6, 6.07) is -0.291. The summed E-state index contributed by atoms with van der Waals surface area (Å²) in [5, 5.41) is 10.1. The number of hydrogen-bond acceptors (Lipinski definition) is 4. The second-order valence-electron chi connectivity index (χ2n) is 5.43. The first-order valence-corrected chi connectivity index (χ1v) is 7.74. The number of halogens is 1. The number of rotatable bonds is 4. The van der Waals surface area contributed by atoms with Crippen molar-refractivity contribution in [2.75, 3.05) is 11.9 Å². The zero-order valence-corrected chi connectivity index (χ0v) is 12.6. The van der Waals surface area contributed by atoms with Crippen LogP contribution < -0.4 is 16.2 Å². The van der Waals surface area contributed by atoms with Gasteiger partial charge in [0, 0.05) is 13.1 Å². The maximum Gasteiger partial charge on any atom is 0.283 e. The monoisotopic (exact) mass is 340 g/mol. The Labute approximate surface area is 125 Å². The standard InChI is InChI=1S/C13H17BrN4O2/c14-11-10(17-9-2-1-5-15-12(9)19)6-16-18(13(11)20)7-8-3-4-8/h6,8-9,17H,1-5,7H2,(H,15,19). The molecule has 1 atom stereocenters. The molecule has 1 saturated carbocycles. The fourth-order valence-corrected chi connectivity index (χ4v) is 2.76. The molecule has 1 aromatic heterocycles. The number of nitrogens with one attached hydrogen (secondary N) is 2. The number of anilines is 1. The molecular weight excluding hydrogens is 324 g/mol. The van der Waals surface area contributed by atoms with E-state index >= 15 is 0 Å². The molecule has 1 unspecified atom stereocenters. The van der Waals surface area contributed by atoms with Gasteiger partial charge in [-0.15, -0.1) is 0 Å². The van der Waals surface area contributed by atoms with Gasteiger partial charge >= 0.3 is 0 Å². The lowest BCUT2D eigenvalue weighted by atomic mass is 10.1. The Hall–Kier alpha value is -1.37. The normalized spacial score (nSPS) is 22.4. The summed E-state index contributed by atoms with van der Waals surface area (Å²) in [5.74, 6) is 0.570. The lowest BCUT2D eigenvalue weighted by molar-refractivity contribution is -0.123. The van der Waals surface area contributed by atoms with Gasteiger partial charge in [0.05, 0.1) is 11.9 Å². The third kappa shape index (κ3) is 2.87. The summed E-state index contributed by atoms with van der Waals surface area (Å²) in [4.78, 5) is 23.9. The van der Waals surface area contributed by atoms with Crippen LogP contribution in [-0.4, -0.2) is 28.3 Å². The highest BCUT2D eigenvalue weighted by Gasteiger charge is 2.25. The van der Waals surface area contributed by atoms with Crippen LogP contribution in [0.4, 0.5) is 5.69 Å². The molecule has 1 amide bonds. The molecule has 2 N–H and O–H groups in total. The third-order valence-electron chi connectivity index (χ3n) is 3.73. The summed E-state index contributed by atoms with van der Waals surface area (Å²) in [7, 11) is 0. The molecule has 1 aliphatic carbocycles. The van der Waals surface area contributed by atoms with E-state index in [4.69, 9.17) is 0 Å². The average molecular weight is 341 g/mol. The molecule has 2 fully saturated rings. The van der Waals surface area contributed by atoms with E-state index in [9.17, 15) is 9.59 Å². The van der Waals surface area contributed by atoms with Crippen molar-refractivity contribution in [2.24, 2.45) is 5.92 Å². The first-order chi connectivity index (χ1) is 9.65. The van der Waals surface area contributed by atoms with Gasteiger partial charge in [-0.1, -0.05) is 0 Å². The van der Waals surface area contributed by atoms with Crippen LogP contribution in [0.3, 0.4) is 0 Å². The Bertz CT molecular complexity index is 582. The van der Waals surface area contributed by atoms with Crippen molar-refractivity contribution in [3.63, 3.8) is 0 Å². The van der Waals surface area contributed by atoms with Crippen LogP contribution in [0.2, 0.25) is 0 Å². The molecule has 1 saturated heterocycles. The van der Waals surface area contributed by atoms with Gasteiger partial charge in [-0.3, -0.25) is 9.59 Å². The van der Waals surface area contributed by atoms with E-state index in [1.807, 2.05) is 0 Å². The quantitative estimate of drug-likeness (QED) is 0.860. The highest BCUT2D eigenvalue weighted by molar-refractivity contribution is 9.10. The number of amides is 1. The maximum absolute atomic E-state index is 12.2. The summed E-state index contributed by atoms with van der Waals surface area (Å²) >= 11 is 3.32. The predicted molar refractivity (Wildman–Crippen MR) is 78.6 cm³/mol. The van der Waals surface area contributed by atoms with E-state index in [0.717, 1.165) is 19.4 Å². The topological polar surface area (TPSA) is 76.0 Å². The molecule has 2 aliphatic rings. The summed E-state index contributed by atoms with van der Waals surface area (Å²) in [5.41, 5.74) is 0.446. The molecule has 0 spiro atoms. The van der Waals surface area contributed by atoms with Gasteiger partial charge < -0.3 is 10.6 Å². The zero-order valence-electron chi connectivity index (χ0n) is 11.1. The summed E-state index contributed by atoms with van der Waals surface area (Å²) in [6.45, 7) is 1.40. The van der Waals surface area contributed by atoms with Crippen molar-refractivity contribution < 1.29 is 4.79 Å².